The molecule has 0 unspecified atom stereocenters. The Balaban J connectivity index is 2.20. The fraction of sp³-hybridized carbons (Fsp3) is 0.875. The van der Waals surface area contributed by atoms with Gasteiger partial charge in [0.2, 0.25) is 5.91 Å². The van der Waals surface area contributed by atoms with Crippen molar-refractivity contribution in [3.05, 3.63) is 0 Å². The zero-order valence-corrected chi connectivity index (χ0v) is 6.60. The molecular weight excluding hydrogens is 126 g/mol. The van der Waals surface area contributed by atoms with Crippen molar-refractivity contribution >= 4 is 5.91 Å². The van der Waals surface area contributed by atoms with Crippen molar-refractivity contribution in [1.29, 1.82) is 0 Å². The first-order chi connectivity index (χ1) is 4.84. The van der Waals surface area contributed by atoms with E-state index in [4.69, 9.17) is 0 Å². The van der Waals surface area contributed by atoms with E-state index in [0.717, 1.165) is 32.4 Å². The molecule has 1 aliphatic rings. The topological polar surface area (TPSA) is 20.3 Å². The summed E-state index contributed by atoms with van der Waals surface area (Å²) in [6.45, 7) is 4.13. The highest BCUT2D eigenvalue weighted by molar-refractivity contribution is 5.77. The van der Waals surface area contributed by atoms with Gasteiger partial charge in [0.25, 0.3) is 0 Å². The molecule has 2 heteroatoms. The maximum absolute atomic E-state index is 11.0. The van der Waals surface area contributed by atoms with E-state index < -0.39 is 0 Å². The van der Waals surface area contributed by atoms with Gasteiger partial charge in [-0.1, -0.05) is 13.3 Å². The van der Waals surface area contributed by atoms with E-state index in [2.05, 4.69) is 6.92 Å². The van der Waals surface area contributed by atoms with Crippen LogP contribution in [-0.4, -0.2) is 23.9 Å². The molecule has 0 saturated carbocycles. The lowest BCUT2D eigenvalue weighted by Gasteiger charge is -2.13. The fourth-order valence-corrected chi connectivity index (χ4v) is 1.29. The third-order valence-electron chi connectivity index (χ3n) is 1.95. The van der Waals surface area contributed by atoms with E-state index in [0.29, 0.717) is 5.91 Å². The van der Waals surface area contributed by atoms with Gasteiger partial charge in [-0.15, -0.1) is 0 Å². The van der Waals surface area contributed by atoms with Crippen LogP contribution in [0.1, 0.15) is 32.6 Å². The Labute approximate surface area is 62.2 Å². The summed E-state index contributed by atoms with van der Waals surface area (Å²) >= 11 is 0. The molecule has 1 aliphatic heterocycles. The zero-order valence-electron chi connectivity index (χ0n) is 6.60. The molecule has 0 aromatic rings. The number of unbranched alkanes of at least 4 members (excludes halogenated alkanes) is 1. The number of amides is 1. The van der Waals surface area contributed by atoms with Crippen LogP contribution in [0.2, 0.25) is 0 Å². The van der Waals surface area contributed by atoms with Crippen LogP contribution < -0.4 is 0 Å². The number of hydrogen-bond acceptors (Lipinski definition) is 1. The van der Waals surface area contributed by atoms with Crippen LogP contribution in [0.4, 0.5) is 0 Å². The Kier molecular flexibility index (Phi) is 2.72. The van der Waals surface area contributed by atoms with E-state index in [9.17, 15) is 4.79 Å². The second-order valence-electron chi connectivity index (χ2n) is 2.84. The third kappa shape index (κ3) is 1.72. The van der Waals surface area contributed by atoms with Gasteiger partial charge in [-0.25, -0.2) is 0 Å². The van der Waals surface area contributed by atoms with Gasteiger partial charge in [0.05, 0.1) is 0 Å². The molecular formula is C8H15NO. The highest BCUT2D eigenvalue weighted by Gasteiger charge is 2.18. The first kappa shape index (κ1) is 7.58. The molecule has 0 bridgehead atoms. The molecule has 0 spiro atoms. The summed E-state index contributed by atoms with van der Waals surface area (Å²) in [5, 5.41) is 0. The second kappa shape index (κ2) is 3.59. The molecule has 0 atom stereocenters. The summed E-state index contributed by atoms with van der Waals surface area (Å²) in [4.78, 5) is 13.0. The fourth-order valence-electron chi connectivity index (χ4n) is 1.29. The lowest BCUT2D eigenvalue weighted by atomic mass is 10.3. The van der Waals surface area contributed by atoms with Gasteiger partial charge in [0.1, 0.15) is 0 Å². The molecule has 1 heterocycles. The molecule has 1 fully saturated rings. The van der Waals surface area contributed by atoms with Crippen molar-refractivity contribution in [2.45, 2.75) is 32.6 Å². The van der Waals surface area contributed by atoms with Crippen molar-refractivity contribution < 1.29 is 4.79 Å². The zero-order chi connectivity index (χ0) is 7.40. The second-order valence-corrected chi connectivity index (χ2v) is 2.84. The first-order valence-electron chi connectivity index (χ1n) is 4.12. The van der Waals surface area contributed by atoms with Crippen molar-refractivity contribution in [2.24, 2.45) is 0 Å². The minimum absolute atomic E-state index is 0.355. The lowest BCUT2D eigenvalue weighted by molar-refractivity contribution is -0.127. The van der Waals surface area contributed by atoms with Crippen molar-refractivity contribution in [2.75, 3.05) is 13.1 Å². The molecule has 0 aromatic heterocycles. The molecule has 58 valence electrons. The van der Waals surface area contributed by atoms with Gasteiger partial charge in [0.15, 0.2) is 0 Å². The molecule has 0 aromatic carbocycles. The maximum atomic E-state index is 11.0. The largest absolute Gasteiger partial charge is 0.343 e. The van der Waals surface area contributed by atoms with Crippen LogP contribution in [0.5, 0.6) is 0 Å². The van der Waals surface area contributed by atoms with Crippen molar-refractivity contribution in [1.82, 2.24) is 4.90 Å². The first-order valence-corrected chi connectivity index (χ1v) is 4.12. The third-order valence-corrected chi connectivity index (χ3v) is 1.95. The van der Waals surface area contributed by atoms with Gasteiger partial charge < -0.3 is 4.90 Å². The van der Waals surface area contributed by atoms with E-state index in [1.54, 1.807) is 0 Å². The molecule has 0 radical (unpaired) electrons. The molecule has 0 aliphatic carbocycles. The minimum atomic E-state index is 0.355. The summed E-state index contributed by atoms with van der Waals surface area (Å²) in [5.74, 6) is 0.355. The number of rotatable bonds is 3. The molecule has 10 heavy (non-hydrogen) atoms. The molecule has 1 rings (SSSR count). The quantitative estimate of drug-likeness (QED) is 0.582. The van der Waals surface area contributed by atoms with Crippen LogP contribution >= 0.6 is 0 Å². The number of hydrogen-bond donors (Lipinski definition) is 0. The average molecular weight is 141 g/mol. The number of carbonyl (C=O) groups excluding carboxylic acids is 1. The normalized spacial score (nSPS) is 18.5. The summed E-state index contributed by atoms with van der Waals surface area (Å²) in [5.41, 5.74) is 0. The molecule has 1 amide bonds. The van der Waals surface area contributed by atoms with Gasteiger partial charge in [-0.3, -0.25) is 4.79 Å². The Morgan fingerprint density at radius 2 is 2.40 bits per heavy atom. The highest BCUT2D eigenvalue weighted by atomic mass is 16.2. The van der Waals surface area contributed by atoms with Crippen LogP contribution in [0.15, 0.2) is 0 Å². The van der Waals surface area contributed by atoms with E-state index in [1.807, 2.05) is 4.90 Å². The van der Waals surface area contributed by atoms with Gasteiger partial charge >= 0.3 is 0 Å². The monoisotopic (exact) mass is 141 g/mol. The Hall–Kier alpha value is -0.530. The van der Waals surface area contributed by atoms with Crippen molar-refractivity contribution in [3.8, 4) is 0 Å². The maximum Gasteiger partial charge on any atom is 0.222 e. The van der Waals surface area contributed by atoms with E-state index in [1.165, 1.54) is 6.42 Å². The smallest absolute Gasteiger partial charge is 0.222 e. The standard InChI is InChI=1S/C8H15NO/c1-2-3-6-9-7-4-5-8(9)10/h2-7H2,1H3. The van der Waals surface area contributed by atoms with Gasteiger partial charge in [0, 0.05) is 19.5 Å². The number of nitrogens with zero attached hydrogens (tertiary/aromatic N) is 1. The lowest BCUT2D eigenvalue weighted by Crippen LogP contribution is -2.25. The summed E-state index contributed by atoms with van der Waals surface area (Å²) in [6.07, 6.45) is 4.20. The Morgan fingerprint density at radius 1 is 1.60 bits per heavy atom. The molecule has 0 N–H and O–H groups in total. The van der Waals surface area contributed by atoms with E-state index in [-0.39, 0.29) is 0 Å². The molecule has 1 saturated heterocycles. The summed E-state index contributed by atoms with van der Waals surface area (Å²) in [7, 11) is 0. The number of carbonyl (C=O) groups is 1. The van der Waals surface area contributed by atoms with Crippen LogP contribution in [0.25, 0.3) is 0 Å². The van der Waals surface area contributed by atoms with Crippen molar-refractivity contribution in [3.63, 3.8) is 0 Å². The predicted molar refractivity (Wildman–Crippen MR) is 40.7 cm³/mol. The van der Waals surface area contributed by atoms with Crippen LogP contribution in [-0.2, 0) is 4.79 Å². The average Bonchev–Trinajstić information content (AvgIpc) is 2.31. The highest BCUT2D eigenvalue weighted by Crippen LogP contribution is 2.09. The predicted octanol–water partition coefficient (Wildman–Crippen LogP) is 1.41. The number of likely N-dealkylation sites (tertiary alicyclic amines) is 1. The Morgan fingerprint density at radius 3 is 2.90 bits per heavy atom. The summed E-state index contributed by atoms with van der Waals surface area (Å²) in [6, 6.07) is 0. The van der Waals surface area contributed by atoms with Gasteiger partial charge in [-0.05, 0) is 12.8 Å². The van der Waals surface area contributed by atoms with E-state index >= 15 is 0 Å². The summed E-state index contributed by atoms with van der Waals surface area (Å²) < 4.78 is 0. The van der Waals surface area contributed by atoms with Crippen LogP contribution in [0.3, 0.4) is 0 Å². The molecule has 2 nitrogen and oxygen atoms in total. The Bertz CT molecular complexity index is 122. The minimum Gasteiger partial charge on any atom is -0.343 e. The van der Waals surface area contributed by atoms with Gasteiger partial charge in [-0.2, -0.15) is 0 Å². The SMILES string of the molecule is CCCCN1CCCC1=O. The van der Waals surface area contributed by atoms with Crippen LogP contribution in [0, 0.1) is 0 Å².